The summed E-state index contributed by atoms with van der Waals surface area (Å²) in [6, 6.07) is 7.89. The molecular formula is C7H7AlO. The van der Waals surface area contributed by atoms with Crippen LogP contribution in [0, 0.1) is 6.92 Å². The molecule has 0 spiro atoms. The first-order chi connectivity index (χ1) is 4.34. The summed E-state index contributed by atoms with van der Waals surface area (Å²) in [5, 5.41) is 0. The number of hydrogen-bond donors (Lipinski definition) is 0. The summed E-state index contributed by atoms with van der Waals surface area (Å²) in [6.45, 7) is 2.01. The molecule has 2 radical (unpaired) electrons. The third kappa shape index (κ3) is 1.48. The van der Waals surface area contributed by atoms with E-state index in [1.54, 1.807) is 0 Å². The Labute approximate surface area is 63.4 Å². The highest BCUT2D eigenvalue weighted by Crippen LogP contribution is 2.14. The fourth-order valence-electron chi connectivity index (χ4n) is 0.689. The summed E-state index contributed by atoms with van der Waals surface area (Å²) < 4.78 is 4.96. The quantitative estimate of drug-likeness (QED) is 0.528. The summed E-state index contributed by atoms with van der Waals surface area (Å²) in [5.41, 5.74) is 1.16. The molecule has 2 heteroatoms. The van der Waals surface area contributed by atoms with E-state index in [1.165, 1.54) is 0 Å². The molecule has 1 nitrogen and oxygen atoms in total. The van der Waals surface area contributed by atoms with Crippen molar-refractivity contribution in [3.63, 3.8) is 0 Å². The van der Waals surface area contributed by atoms with Crippen LogP contribution in [0.4, 0.5) is 0 Å². The monoisotopic (exact) mass is 134 g/mol. The van der Waals surface area contributed by atoms with Crippen LogP contribution in [0.15, 0.2) is 24.3 Å². The van der Waals surface area contributed by atoms with Gasteiger partial charge in [-0.05, 0) is 18.6 Å². The predicted molar refractivity (Wildman–Crippen MR) is 37.6 cm³/mol. The highest BCUT2D eigenvalue weighted by molar-refractivity contribution is 6.00. The number of hydrogen-bond acceptors (Lipinski definition) is 1. The van der Waals surface area contributed by atoms with Crippen LogP contribution in [0.5, 0.6) is 5.75 Å². The predicted octanol–water partition coefficient (Wildman–Crippen LogP) is 1.46. The van der Waals surface area contributed by atoms with Crippen molar-refractivity contribution in [1.29, 1.82) is 0 Å². The molecule has 1 aromatic rings. The maximum Gasteiger partial charge on any atom is 0.482 e. The molecule has 0 aliphatic heterocycles. The van der Waals surface area contributed by atoms with Crippen molar-refractivity contribution in [2.45, 2.75) is 6.92 Å². The van der Waals surface area contributed by atoms with Crippen molar-refractivity contribution >= 4 is 16.6 Å². The second kappa shape index (κ2) is 2.91. The van der Waals surface area contributed by atoms with E-state index in [4.69, 9.17) is 3.79 Å². The van der Waals surface area contributed by atoms with Crippen molar-refractivity contribution in [3.05, 3.63) is 29.8 Å². The van der Waals surface area contributed by atoms with Gasteiger partial charge >= 0.3 is 16.6 Å². The first-order valence-corrected chi connectivity index (χ1v) is 3.24. The van der Waals surface area contributed by atoms with Gasteiger partial charge in [-0.2, -0.15) is 0 Å². The van der Waals surface area contributed by atoms with Gasteiger partial charge in [-0.3, -0.25) is 0 Å². The fourth-order valence-corrected chi connectivity index (χ4v) is 0.953. The molecule has 0 heterocycles. The molecule has 0 saturated carbocycles. The molecule has 0 aromatic heterocycles. The first-order valence-electron chi connectivity index (χ1n) is 2.77. The van der Waals surface area contributed by atoms with Gasteiger partial charge in [0.25, 0.3) is 0 Å². The third-order valence-corrected chi connectivity index (χ3v) is 1.47. The molecule has 0 unspecified atom stereocenters. The van der Waals surface area contributed by atoms with E-state index in [1.807, 2.05) is 31.2 Å². The summed E-state index contributed by atoms with van der Waals surface area (Å²) in [6.07, 6.45) is 0. The Morgan fingerprint density at radius 2 is 2.00 bits per heavy atom. The van der Waals surface area contributed by atoms with Crippen LogP contribution in [0.3, 0.4) is 0 Å². The molecule has 1 aromatic carbocycles. The summed E-state index contributed by atoms with van der Waals surface area (Å²) >= 11 is 2.23. The van der Waals surface area contributed by atoms with Crippen LogP contribution < -0.4 is 3.79 Å². The lowest BCUT2D eigenvalue weighted by Gasteiger charge is -2.03. The van der Waals surface area contributed by atoms with Gasteiger partial charge < -0.3 is 3.79 Å². The number of rotatable bonds is 1. The van der Waals surface area contributed by atoms with Crippen LogP contribution >= 0.6 is 0 Å². The zero-order chi connectivity index (χ0) is 6.69. The molecule has 0 atom stereocenters. The third-order valence-electron chi connectivity index (χ3n) is 1.22. The van der Waals surface area contributed by atoms with Crippen molar-refractivity contribution in [3.8, 4) is 5.75 Å². The summed E-state index contributed by atoms with van der Waals surface area (Å²) in [4.78, 5) is 0. The van der Waals surface area contributed by atoms with Gasteiger partial charge in [0, 0.05) is 0 Å². The smallest absolute Gasteiger partial charge is 0.482 e. The van der Waals surface area contributed by atoms with Gasteiger partial charge in [-0.25, -0.2) is 0 Å². The van der Waals surface area contributed by atoms with Crippen LogP contribution in [0.25, 0.3) is 0 Å². The minimum Gasteiger partial charge on any atom is -0.653 e. The van der Waals surface area contributed by atoms with E-state index >= 15 is 0 Å². The van der Waals surface area contributed by atoms with E-state index in [-0.39, 0.29) is 0 Å². The van der Waals surface area contributed by atoms with Crippen molar-refractivity contribution in [2.24, 2.45) is 0 Å². The topological polar surface area (TPSA) is 9.23 Å². The van der Waals surface area contributed by atoms with Gasteiger partial charge in [0.2, 0.25) is 0 Å². The molecule has 44 valence electrons. The molecule has 0 aliphatic carbocycles. The van der Waals surface area contributed by atoms with Crippen molar-refractivity contribution in [2.75, 3.05) is 0 Å². The second-order valence-electron chi connectivity index (χ2n) is 1.88. The Morgan fingerprint density at radius 3 is 2.44 bits per heavy atom. The SMILES string of the molecule is Cc1ccccc1[O][Al]. The van der Waals surface area contributed by atoms with E-state index in [0.717, 1.165) is 11.3 Å². The van der Waals surface area contributed by atoms with Gasteiger partial charge in [-0.1, -0.05) is 18.2 Å². The summed E-state index contributed by atoms with van der Waals surface area (Å²) in [5.74, 6) is 0.919. The van der Waals surface area contributed by atoms with Crippen molar-refractivity contribution < 1.29 is 3.79 Å². The van der Waals surface area contributed by atoms with E-state index in [9.17, 15) is 0 Å². The molecule has 0 amide bonds. The van der Waals surface area contributed by atoms with Crippen LogP contribution in [0.2, 0.25) is 0 Å². The normalized spacial score (nSPS) is 9.00. The maximum absolute atomic E-state index is 4.96. The molecular weight excluding hydrogens is 127 g/mol. The molecule has 1 rings (SSSR count). The zero-order valence-electron chi connectivity index (χ0n) is 5.29. The largest absolute Gasteiger partial charge is 0.653 e. The minimum atomic E-state index is 0.919. The second-order valence-corrected chi connectivity index (χ2v) is 2.12. The highest BCUT2D eigenvalue weighted by atomic mass is 27.1. The molecule has 0 N–H and O–H groups in total. The standard InChI is InChI=1S/C7H8O.Al/c1-6-4-2-3-5-7(6)8;/h2-5,8H,1H3;/q;+1/p-1. The van der Waals surface area contributed by atoms with Crippen LogP contribution in [-0.4, -0.2) is 16.6 Å². The van der Waals surface area contributed by atoms with Gasteiger partial charge in [0.1, 0.15) is 0 Å². The Morgan fingerprint density at radius 1 is 1.33 bits per heavy atom. The van der Waals surface area contributed by atoms with Gasteiger partial charge in [0.15, 0.2) is 0 Å². The minimum absolute atomic E-state index is 0.919. The lowest BCUT2D eigenvalue weighted by Crippen LogP contribution is -1.86. The maximum atomic E-state index is 4.96. The first kappa shape index (κ1) is 6.67. The molecule has 0 bridgehead atoms. The van der Waals surface area contributed by atoms with Gasteiger partial charge in [0.05, 0.1) is 5.75 Å². The van der Waals surface area contributed by atoms with E-state index in [0.29, 0.717) is 0 Å². The lowest BCUT2D eigenvalue weighted by molar-refractivity contribution is 0.610. The Bertz CT molecular complexity index is 198. The Kier molecular flexibility index (Phi) is 2.16. The number of benzene rings is 1. The Balaban J connectivity index is 3.01. The molecule has 0 saturated heterocycles. The highest BCUT2D eigenvalue weighted by Gasteiger charge is 1.89. The van der Waals surface area contributed by atoms with E-state index < -0.39 is 0 Å². The average molecular weight is 134 g/mol. The molecule has 9 heavy (non-hydrogen) atoms. The number of para-hydroxylation sites is 1. The van der Waals surface area contributed by atoms with Crippen LogP contribution in [-0.2, 0) is 0 Å². The van der Waals surface area contributed by atoms with Gasteiger partial charge in [-0.15, -0.1) is 0 Å². The van der Waals surface area contributed by atoms with Crippen molar-refractivity contribution in [1.82, 2.24) is 0 Å². The molecule has 0 aliphatic rings. The molecule has 0 fully saturated rings. The average Bonchev–Trinajstić information content (AvgIpc) is 1.89. The van der Waals surface area contributed by atoms with Crippen LogP contribution in [0.1, 0.15) is 5.56 Å². The lowest BCUT2D eigenvalue weighted by atomic mass is 10.2. The zero-order valence-corrected chi connectivity index (χ0v) is 6.45. The van der Waals surface area contributed by atoms with E-state index in [2.05, 4.69) is 16.6 Å². The number of aryl methyl sites for hydroxylation is 1. The fraction of sp³-hybridized carbons (Fsp3) is 0.143. The Hall–Kier alpha value is -0.448. The summed E-state index contributed by atoms with van der Waals surface area (Å²) in [7, 11) is 0.